The van der Waals surface area contributed by atoms with Crippen molar-refractivity contribution in [2.24, 2.45) is 10.1 Å². The molecular weight excluding hydrogens is 219 g/mol. The summed E-state index contributed by atoms with van der Waals surface area (Å²) in [5, 5.41) is 4.44. The zero-order valence-electron chi connectivity index (χ0n) is 8.41. The van der Waals surface area contributed by atoms with Gasteiger partial charge in [0.25, 0.3) is 0 Å². The number of hydrogen-bond acceptors (Lipinski definition) is 3. The fourth-order valence-corrected chi connectivity index (χ4v) is 1.43. The number of alkyl halides is 3. The van der Waals surface area contributed by atoms with E-state index in [1.807, 2.05) is 0 Å². The molecule has 0 bridgehead atoms. The van der Waals surface area contributed by atoms with Gasteiger partial charge in [-0.2, -0.15) is 18.3 Å². The van der Waals surface area contributed by atoms with Crippen molar-refractivity contribution >= 4 is 12.1 Å². The normalized spacial score (nSPS) is 20.1. The van der Waals surface area contributed by atoms with Crippen LogP contribution in [0.1, 0.15) is 6.92 Å². The van der Waals surface area contributed by atoms with Crippen LogP contribution in [0.5, 0.6) is 0 Å². The highest BCUT2D eigenvalue weighted by atomic mass is 19.4. The number of halogens is 3. The standard InChI is InChI=1S/C10H8F3N3/c1-6-3-4-14-16-8(6)5-7(2)15-9(16)10(11,12)13/h3-5H,2H2,1H3. The Morgan fingerprint density at radius 3 is 2.69 bits per heavy atom. The molecule has 0 N–H and O–H groups in total. The third-order valence-corrected chi connectivity index (χ3v) is 2.15. The van der Waals surface area contributed by atoms with E-state index in [0.717, 1.165) is 5.01 Å². The lowest BCUT2D eigenvalue weighted by atomic mass is 10.1. The van der Waals surface area contributed by atoms with Crippen LogP contribution in [0, 0.1) is 0 Å². The minimum absolute atomic E-state index is 0.0726. The van der Waals surface area contributed by atoms with Crippen molar-refractivity contribution in [2.75, 3.05) is 0 Å². The molecule has 0 aromatic rings. The Bertz CT molecular complexity index is 466. The molecule has 0 spiro atoms. The van der Waals surface area contributed by atoms with Crippen LogP contribution in [-0.4, -0.2) is 23.2 Å². The topological polar surface area (TPSA) is 28.0 Å². The van der Waals surface area contributed by atoms with Crippen LogP contribution in [0.3, 0.4) is 0 Å². The summed E-state index contributed by atoms with van der Waals surface area (Å²) < 4.78 is 38.0. The van der Waals surface area contributed by atoms with Crippen LogP contribution in [-0.2, 0) is 0 Å². The summed E-state index contributed by atoms with van der Waals surface area (Å²) >= 11 is 0. The largest absolute Gasteiger partial charge is 0.451 e. The lowest BCUT2D eigenvalue weighted by molar-refractivity contribution is -0.0675. The van der Waals surface area contributed by atoms with Gasteiger partial charge in [-0.05, 0) is 24.6 Å². The monoisotopic (exact) mass is 227 g/mol. The lowest BCUT2D eigenvalue weighted by Gasteiger charge is -2.29. The van der Waals surface area contributed by atoms with Crippen molar-refractivity contribution < 1.29 is 13.2 Å². The van der Waals surface area contributed by atoms with Gasteiger partial charge in [-0.15, -0.1) is 0 Å². The van der Waals surface area contributed by atoms with Crippen molar-refractivity contribution in [1.29, 1.82) is 0 Å². The first-order valence-electron chi connectivity index (χ1n) is 4.47. The van der Waals surface area contributed by atoms with E-state index in [-0.39, 0.29) is 5.70 Å². The van der Waals surface area contributed by atoms with Gasteiger partial charge in [0.2, 0.25) is 5.84 Å². The molecule has 0 saturated heterocycles. The predicted octanol–water partition coefficient (Wildman–Crippen LogP) is 2.61. The summed E-state index contributed by atoms with van der Waals surface area (Å²) in [6.45, 7) is 5.14. The van der Waals surface area contributed by atoms with Crippen LogP contribution in [0.4, 0.5) is 13.2 Å². The van der Waals surface area contributed by atoms with Crippen LogP contribution in [0.15, 0.2) is 45.8 Å². The predicted molar refractivity (Wildman–Crippen MR) is 54.8 cm³/mol. The van der Waals surface area contributed by atoms with E-state index in [2.05, 4.69) is 16.7 Å². The molecule has 0 unspecified atom stereocenters. The van der Waals surface area contributed by atoms with Gasteiger partial charge in [0.05, 0.1) is 11.4 Å². The third-order valence-electron chi connectivity index (χ3n) is 2.15. The zero-order chi connectivity index (χ0) is 11.9. The van der Waals surface area contributed by atoms with Crippen LogP contribution < -0.4 is 0 Å². The van der Waals surface area contributed by atoms with E-state index < -0.39 is 12.0 Å². The van der Waals surface area contributed by atoms with Gasteiger partial charge < -0.3 is 0 Å². The molecule has 6 heteroatoms. The average molecular weight is 227 g/mol. The Morgan fingerprint density at radius 1 is 1.38 bits per heavy atom. The molecule has 0 saturated carbocycles. The smallest absolute Gasteiger partial charge is 0.226 e. The van der Waals surface area contributed by atoms with Gasteiger partial charge in [0.1, 0.15) is 0 Å². The van der Waals surface area contributed by atoms with Gasteiger partial charge in [0.15, 0.2) is 0 Å². The number of nitrogens with zero attached hydrogens (tertiary/aromatic N) is 3. The number of rotatable bonds is 0. The van der Waals surface area contributed by atoms with E-state index in [0.29, 0.717) is 11.3 Å². The van der Waals surface area contributed by atoms with E-state index in [4.69, 9.17) is 0 Å². The number of fused-ring (bicyclic) bond motifs is 1. The molecule has 16 heavy (non-hydrogen) atoms. The molecular formula is C10H8F3N3. The zero-order valence-corrected chi connectivity index (χ0v) is 8.41. The van der Waals surface area contributed by atoms with Gasteiger partial charge in [0, 0.05) is 6.21 Å². The second-order valence-corrected chi connectivity index (χ2v) is 3.38. The molecule has 2 aliphatic rings. The quantitative estimate of drug-likeness (QED) is 0.625. The van der Waals surface area contributed by atoms with E-state index >= 15 is 0 Å². The Labute approximate surface area is 90.0 Å². The maximum absolute atomic E-state index is 12.7. The van der Waals surface area contributed by atoms with Crippen LogP contribution in [0.2, 0.25) is 0 Å². The Balaban J connectivity index is 2.49. The molecule has 3 nitrogen and oxygen atoms in total. The maximum atomic E-state index is 12.7. The number of amidine groups is 1. The molecule has 2 aliphatic heterocycles. The highest BCUT2D eigenvalue weighted by molar-refractivity contribution is 5.94. The first kappa shape index (κ1) is 10.7. The minimum atomic E-state index is -4.54. The SMILES string of the molecule is C=C1C=C2C(C)=CC=NN2C(C(F)(F)F)=N1. The molecule has 0 aromatic heterocycles. The van der Waals surface area contributed by atoms with Gasteiger partial charge >= 0.3 is 6.18 Å². The van der Waals surface area contributed by atoms with E-state index in [9.17, 15) is 13.2 Å². The van der Waals surface area contributed by atoms with Crippen LogP contribution in [0.25, 0.3) is 0 Å². The summed E-state index contributed by atoms with van der Waals surface area (Å²) in [4.78, 5) is 3.38. The highest BCUT2D eigenvalue weighted by Gasteiger charge is 2.43. The van der Waals surface area contributed by atoms with Crippen LogP contribution >= 0.6 is 0 Å². The number of hydrazone groups is 1. The molecule has 0 aromatic carbocycles. The number of aliphatic imine (C=N–C) groups is 1. The van der Waals surface area contributed by atoms with Crippen molar-refractivity contribution in [3.8, 4) is 0 Å². The molecule has 0 fully saturated rings. The second-order valence-electron chi connectivity index (χ2n) is 3.38. The summed E-state index contributed by atoms with van der Waals surface area (Å²) in [5.74, 6) is -1.06. The van der Waals surface area contributed by atoms with E-state index in [1.54, 1.807) is 13.0 Å². The number of allylic oxidation sites excluding steroid dienone is 3. The number of hydrogen-bond donors (Lipinski definition) is 0. The van der Waals surface area contributed by atoms with Crippen molar-refractivity contribution in [3.63, 3.8) is 0 Å². The summed E-state index contributed by atoms with van der Waals surface area (Å²) in [7, 11) is 0. The summed E-state index contributed by atoms with van der Waals surface area (Å²) in [6.07, 6.45) is -0.133. The second kappa shape index (κ2) is 3.33. The molecule has 0 aliphatic carbocycles. The third kappa shape index (κ3) is 1.66. The average Bonchev–Trinajstić information content (AvgIpc) is 2.17. The fraction of sp³-hybridized carbons (Fsp3) is 0.200. The Kier molecular flexibility index (Phi) is 2.22. The maximum Gasteiger partial charge on any atom is 0.451 e. The molecule has 0 atom stereocenters. The van der Waals surface area contributed by atoms with Gasteiger partial charge in [-0.25, -0.2) is 10.0 Å². The van der Waals surface area contributed by atoms with Gasteiger partial charge in [-0.3, -0.25) is 0 Å². The van der Waals surface area contributed by atoms with Gasteiger partial charge in [-0.1, -0.05) is 6.58 Å². The molecule has 2 heterocycles. The van der Waals surface area contributed by atoms with Crippen molar-refractivity contribution in [2.45, 2.75) is 13.1 Å². The molecule has 0 radical (unpaired) electrons. The minimum Gasteiger partial charge on any atom is -0.226 e. The summed E-state index contributed by atoms with van der Waals surface area (Å²) in [5.41, 5.74) is 1.12. The van der Waals surface area contributed by atoms with E-state index in [1.165, 1.54) is 12.3 Å². The first-order valence-corrected chi connectivity index (χ1v) is 4.47. The first-order chi connectivity index (χ1) is 7.39. The fourth-order valence-electron chi connectivity index (χ4n) is 1.43. The lowest BCUT2D eigenvalue weighted by Crippen LogP contribution is -2.40. The summed E-state index contributed by atoms with van der Waals surface area (Å²) in [6, 6.07) is 0. The molecule has 0 amide bonds. The highest BCUT2D eigenvalue weighted by Crippen LogP contribution is 2.31. The Morgan fingerprint density at radius 2 is 2.06 bits per heavy atom. The van der Waals surface area contributed by atoms with Crippen molar-refractivity contribution in [1.82, 2.24) is 5.01 Å². The Hall–Kier alpha value is -1.85. The molecule has 2 rings (SSSR count). The van der Waals surface area contributed by atoms with Crippen molar-refractivity contribution in [3.05, 3.63) is 35.7 Å². The molecule has 84 valence electrons.